The number of carbonyl (C=O) groups excluding carboxylic acids is 3. The summed E-state index contributed by atoms with van der Waals surface area (Å²) in [4.78, 5) is 46.2. The molecule has 10 heteroatoms. The summed E-state index contributed by atoms with van der Waals surface area (Å²) < 4.78 is -0.254. The van der Waals surface area contributed by atoms with Gasteiger partial charge in [0, 0.05) is 53.3 Å². The Bertz CT molecular complexity index is 1370. The molecule has 2 aromatic heterocycles. The Labute approximate surface area is 204 Å². The van der Waals surface area contributed by atoms with Gasteiger partial charge in [-0.2, -0.15) is 5.26 Å². The van der Waals surface area contributed by atoms with Gasteiger partial charge in [-0.25, -0.2) is 9.78 Å². The van der Waals surface area contributed by atoms with Crippen LogP contribution in [0.25, 0.3) is 10.2 Å². The molecular formula is C24H21N5O3S2. The summed E-state index contributed by atoms with van der Waals surface area (Å²) in [5, 5.41) is 15.6. The number of rotatable bonds is 2. The van der Waals surface area contributed by atoms with Crippen molar-refractivity contribution in [2.24, 2.45) is 0 Å². The number of fused-ring (bicyclic) bond motifs is 2. The molecule has 1 spiro atoms. The molecule has 3 amide bonds. The normalized spacial score (nSPS) is 16.7. The molecule has 1 aromatic carbocycles. The third kappa shape index (κ3) is 3.91. The fraction of sp³-hybridized carbons (Fsp3) is 0.292. The third-order valence-corrected chi connectivity index (χ3v) is 8.90. The molecule has 34 heavy (non-hydrogen) atoms. The predicted molar refractivity (Wildman–Crippen MR) is 132 cm³/mol. The molecule has 8 nitrogen and oxygen atoms in total. The lowest BCUT2D eigenvalue weighted by Gasteiger charge is -2.43. The number of benzene rings is 1. The number of thioether (sulfide) groups is 1. The number of amides is 3. The quantitative estimate of drug-likeness (QED) is 0.553. The molecule has 1 fully saturated rings. The number of pyridine rings is 1. The number of aromatic nitrogens is 1. The number of ketones is 1. The highest BCUT2D eigenvalue weighted by atomic mass is 32.2. The van der Waals surface area contributed by atoms with Crippen LogP contribution < -0.4 is 10.6 Å². The van der Waals surface area contributed by atoms with Gasteiger partial charge in [0.05, 0.1) is 17.2 Å². The Morgan fingerprint density at radius 1 is 1.24 bits per heavy atom. The van der Waals surface area contributed by atoms with Crippen molar-refractivity contribution in [1.29, 1.82) is 5.26 Å². The Balaban J connectivity index is 1.37. The Morgan fingerprint density at radius 2 is 2.03 bits per heavy atom. The first kappa shape index (κ1) is 22.4. The van der Waals surface area contributed by atoms with Gasteiger partial charge >= 0.3 is 6.03 Å². The Hall–Kier alpha value is -3.42. The molecule has 0 unspecified atom stereocenters. The summed E-state index contributed by atoms with van der Waals surface area (Å²) in [7, 11) is 1.52. The second-order valence-corrected chi connectivity index (χ2v) is 10.9. The number of thiophene rings is 1. The van der Waals surface area contributed by atoms with E-state index in [1.165, 1.54) is 18.4 Å². The van der Waals surface area contributed by atoms with Gasteiger partial charge in [0.25, 0.3) is 5.91 Å². The predicted octanol–water partition coefficient (Wildman–Crippen LogP) is 4.27. The minimum absolute atomic E-state index is 0.0533. The molecule has 2 aliphatic rings. The van der Waals surface area contributed by atoms with Crippen LogP contribution in [0.3, 0.4) is 0 Å². The van der Waals surface area contributed by atoms with Crippen LogP contribution in [0.1, 0.15) is 45.5 Å². The first-order valence-corrected chi connectivity index (χ1v) is 12.5. The van der Waals surface area contributed by atoms with Crippen molar-refractivity contribution >= 4 is 56.0 Å². The van der Waals surface area contributed by atoms with Crippen LogP contribution in [-0.4, -0.2) is 52.5 Å². The van der Waals surface area contributed by atoms with Gasteiger partial charge in [-0.1, -0.05) is 11.3 Å². The first-order chi connectivity index (χ1) is 16.4. The van der Waals surface area contributed by atoms with Gasteiger partial charge in [0.15, 0.2) is 5.78 Å². The fourth-order valence-corrected chi connectivity index (χ4v) is 7.02. The number of piperidine rings is 1. The van der Waals surface area contributed by atoms with E-state index in [2.05, 4.69) is 21.7 Å². The lowest BCUT2D eigenvalue weighted by molar-refractivity contribution is 0.0699. The first-order valence-electron chi connectivity index (χ1n) is 10.8. The molecule has 0 bridgehead atoms. The van der Waals surface area contributed by atoms with Crippen LogP contribution >= 0.6 is 23.1 Å². The largest absolute Gasteiger partial charge is 0.341 e. The van der Waals surface area contributed by atoms with E-state index in [-0.39, 0.29) is 16.4 Å². The molecule has 0 radical (unpaired) electrons. The number of hydrogen-bond acceptors (Lipinski definition) is 7. The number of nitrogens with one attached hydrogen (secondary N) is 2. The lowest BCUT2D eigenvalue weighted by atomic mass is 9.87. The van der Waals surface area contributed by atoms with E-state index < -0.39 is 6.03 Å². The SMILES string of the molecule is CNC(=O)Nc1sc2ncccc2c1C(=O)N1CCC2(CC1)CC(=O)c1cc(C#N)ccc1S2. The topological polar surface area (TPSA) is 115 Å². The third-order valence-electron chi connectivity index (χ3n) is 6.31. The van der Waals surface area contributed by atoms with Gasteiger partial charge in [0.2, 0.25) is 0 Å². The highest BCUT2D eigenvalue weighted by Gasteiger charge is 2.43. The van der Waals surface area contributed by atoms with Crippen molar-refractivity contribution in [3.05, 3.63) is 53.2 Å². The van der Waals surface area contributed by atoms with Gasteiger partial charge < -0.3 is 10.2 Å². The number of nitrogens with zero attached hydrogens (tertiary/aromatic N) is 3. The number of anilines is 1. The monoisotopic (exact) mass is 491 g/mol. The second-order valence-electron chi connectivity index (χ2n) is 8.37. The number of Topliss-reactive ketones (excluding diaryl/α,β-unsaturated/α-hetero) is 1. The summed E-state index contributed by atoms with van der Waals surface area (Å²) in [6, 6.07) is 10.6. The lowest BCUT2D eigenvalue weighted by Crippen LogP contribution is -2.47. The average Bonchev–Trinajstić information content (AvgIpc) is 3.21. The summed E-state index contributed by atoms with van der Waals surface area (Å²) in [6.45, 7) is 1.03. The van der Waals surface area contributed by atoms with Gasteiger partial charge in [-0.15, -0.1) is 11.8 Å². The molecule has 2 aliphatic heterocycles. The number of nitriles is 1. The van der Waals surface area contributed by atoms with Gasteiger partial charge in [-0.3, -0.25) is 14.9 Å². The molecular weight excluding hydrogens is 470 g/mol. The van der Waals surface area contributed by atoms with Crippen molar-refractivity contribution in [1.82, 2.24) is 15.2 Å². The maximum absolute atomic E-state index is 13.6. The van der Waals surface area contributed by atoms with Crippen LogP contribution in [-0.2, 0) is 0 Å². The van der Waals surface area contributed by atoms with Crippen molar-refractivity contribution in [2.75, 3.05) is 25.5 Å². The fourth-order valence-electron chi connectivity index (χ4n) is 4.52. The van der Waals surface area contributed by atoms with E-state index in [0.29, 0.717) is 64.3 Å². The summed E-state index contributed by atoms with van der Waals surface area (Å²) >= 11 is 2.96. The minimum atomic E-state index is -0.395. The zero-order chi connectivity index (χ0) is 23.9. The van der Waals surface area contributed by atoms with E-state index in [4.69, 9.17) is 5.26 Å². The van der Waals surface area contributed by atoms with Crippen molar-refractivity contribution in [2.45, 2.75) is 28.9 Å². The molecule has 0 aliphatic carbocycles. The standard InChI is InChI=1S/C24H21N5O3S2/c1-26-23(32)28-21-19(15-3-2-8-27-20(15)33-21)22(31)29-9-6-24(7-10-29)12-17(30)16-11-14(13-25)4-5-18(16)34-24/h2-5,8,11H,6-7,9-10,12H2,1H3,(H2,26,28,32). The van der Waals surface area contributed by atoms with Crippen LogP contribution in [0.15, 0.2) is 41.4 Å². The second kappa shape index (κ2) is 8.74. The summed E-state index contributed by atoms with van der Waals surface area (Å²) in [5.74, 6) is -0.0932. The Morgan fingerprint density at radius 3 is 2.76 bits per heavy atom. The summed E-state index contributed by atoms with van der Waals surface area (Å²) in [6.07, 6.45) is 3.44. The van der Waals surface area contributed by atoms with Gasteiger partial charge in [0.1, 0.15) is 9.83 Å². The van der Waals surface area contributed by atoms with Crippen molar-refractivity contribution in [3.8, 4) is 6.07 Å². The highest BCUT2D eigenvalue weighted by Crippen LogP contribution is 2.49. The van der Waals surface area contributed by atoms with Crippen LogP contribution in [0.4, 0.5) is 9.80 Å². The molecule has 5 rings (SSSR count). The zero-order valence-electron chi connectivity index (χ0n) is 18.4. The van der Waals surface area contributed by atoms with E-state index in [1.54, 1.807) is 41.1 Å². The van der Waals surface area contributed by atoms with Crippen LogP contribution in [0.5, 0.6) is 0 Å². The van der Waals surface area contributed by atoms with Gasteiger partial charge in [-0.05, 0) is 43.2 Å². The van der Waals surface area contributed by atoms with Crippen molar-refractivity contribution < 1.29 is 14.4 Å². The molecule has 1 saturated heterocycles. The Kier molecular flexibility index (Phi) is 5.75. The molecule has 2 N–H and O–H groups in total. The van der Waals surface area contributed by atoms with E-state index >= 15 is 0 Å². The molecule has 4 heterocycles. The van der Waals surface area contributed by atoms with E-state index in [9.17, 15) is 14.4 Å². The molecule has 172 valence electrons. The molecule has 0 saturated carbocycles. The summed E-state index contributed by atoms with van der Waals surface area (Å²) in [5.41, 5.74) is 1.56. The van der Waals surface area contributed by atoms with Crippen LogP contribution in [0.2, 0.25) is 0 Å². The highest BCUT2D eigenvalue weighted by molar-refractivity contribution is 8.01. The average molecular weight is 492 g/mol. The maximum atomic E-state index is 13.6. The van der Waals surface area contributed by atoms with Crippen molar-refractivity contribution in [3.63, 3.8) is 0 Å². The van der Waals surface area contributed by atoms with Crippen LogP contribution in [0, 0.1) is 11.3 Å². The minimum Gasteiger partial charge on any atom is -0.341 e. The number of carbonyl (C=O) groups is 3. The zero-order valence-corrected chi connectivity index (χ0v) is 20.0. The van der Waals surface area contributed by atoms with E-state index in [1.807, 2.05) is 12.1 Å². The maximum Gasteiger partial charge on any atom is 0.319 e. The number of hydrogen-bond donors (Lipinski definition) is 2. The molecule has 3 aromatic rings. The van der Waals surface area contributed by atoms with E-state index in [0.717, 1.165) is 4.90 Å². The number of urea groups is 1. The smallest absolute Gasteiger partial charge is 0.319 e. The number of likely N-dealkylation sites (tertiary alicyclic amines) is 1. The molecule has 0 atom stereocenters.